The van der Waals surface area contributed by atoms with Crippen LogP contribution in [0.15, 0.2) is 28.4 Å². The fourth-order valence-corrected chi connectivity index (χ4v) is 3.11. The molecule has 0 aliphatic rings. The summed E-state index contributed by atoms with van der Waals surface area (Å²) in [6, 6.07) is 3.86. The first kappa shape index (κ1) is 14.2. The minimum absolute atomic E-state index is 0.0419. The lowest BCUT2D eigenvalue weighted by molar-refractivity contribution is 0.511. The molecule has 0 aliphatic heterocycles. The van der Waals surface area contributed by atoms with Gasteiger partial charge < -0.3 is 4.98 Å². The quantitative estimate of drug-likeness (QED) is 0.716. The molecule has 21 heavy (non-hydrogen) atoms. The van der Waals surface area contributed by atoms with E-state index in [1.165, 1.54) is 23.5 Å². The van der Waals surface area contributed by atoms with Crippen LogP contribution in [0.3, 0.4) is 0 Å². The zero-order valence-corrected chi connectivity index (χ0v) is 12.4. The van der Waals surface area contributed by atoms with Crippen molar-refractivity contribution in [1.29, 1.82) is 0 Å². The number of hydrogen-bond acceptors (Lipinski definition) is 3. The maximum atomic E-state index is 13.9. The molecule has 0 amide bonds. The number of aromatic amines is 1. The summed E-state index contributed by atoms with van der Waals surface area (Å²) in [6.45, 7) is 1.69. The number of aromatic nitrogens is 2. The fourth-order valence-electron chi connectivity index (χ4n) is 2.06. The molecule has 1 aromatic carbocycles. The average Bonchev–Trinajstić information content (AvgIpc) is 2.86. The maximum Gasteiger partial charge on any atom is 0.260 e. The zero-order chi connectivity index (χ0) is 15.1. The van der Waals surface area contributed by atoms with Crippen molar-refractivity contribution in [3.8, 4) is 11.1 Å². The van der Waals surface area contributed by atoms with Gasteiger partial charge in [-0.15, -0.1) is 22.9 Å². The lowest BCUT2D eigenvalue weighted by atomic mass is 10.1. The molecular weight excluding hydrogens is 318 g/mol. The number of benzene rings is 1. The van der Waals surface area contributed by atoms with Crippen molar-refractivity contribution >= 4 is 33.2 Å². The van der Waals surface area contributed by atoms with E-state index >= 15 is 0 Å². The Morgan fingerprint density at radius 1 is 1.33 bits per heavy atom. The second-order valence-corrected chi connectivity index (χ2v) is 6.01. The van der Waals surface area contributed by atoms with E-state index in [0.717, 1.165) is 6.07 Å². The summed E-state index contributed by atoms with van der Waals surface area (Å²) in [5, 5.41) is 1.39. The van der Waals surface area contributed by atoms with E-state index in [2.05, 4.69) is 9.97 Å². The van der Waals surface area contributed by atoms with Gasteiger partial charge in [-0.3, -0.25) is 4.79 Å². The normalized spacial score (nSPS) is 12.8. The van der Waals surface area contributed by atoms with Crippen molar-refractivity contribution in [3.05, 3.63) is 51.4 Å². The standard InChI is InChI=1S/C14H9ClF2N2OS/c1-6(15)12-18-13(20)10-8(5-21-14(10)19-12)7-3-2-4-9(16)11(7)17/h2-6H,1H3,(H,18,19,20). The third-order valence-electron chi connectivity index (χ3n) is 3.08. The molecule has 0 saturated heterocycles. The highest BCUT2D eigenvalue weighted by Crippen LogP contribution is 2.33. The number of H-pyrrole nitrogens is 1. The first-order valence-electron chi connectivity index (χ1n) is 6.09. The van der Waals surface area contributed by atoms with Crippen LogP contribution < -0.4 is 5.56 Å². The van der Waals surface area contributed by atoms with E-state index in [9.17, 15) is 13.6 Å². The summed E-state index contributed by atoms with van der Waals surface area (Å²) in [5.74, 6) is -1.59. The molecule has 0 aliphatic carbocycles. The molecule has 1 unspecified atom stereocenters. The number of thiophene rings is 1. The van der Waals surface area contributed by atoms with Gasteiger partial charge in [0.1, 0.15) is 10.7 Å². The minimum atomic E-state index is -0.980. The van der Waals surface area contributed by atoms with Crippen molar-refractivity contribution < 1.29 is 8.78 Å². The summed E-state index contributed by atoms with van der Waals surface area (Å²) in [6.07, 6.45) is 0. The van der Waals surface area contributed by atoms with Gasteiger partial charge in [0.2, 0.25) is 0 Å². The predicted molar refractivity (Wildman–Crippen MR) is 79.9 cm³/mol. The summed E-state index contributed by atoms with van der Waals surface area (Å²) < 4.78 is 27.3. The number of nitrogens with one attached hydrogen (secondary N) is 1. The summed E-state index contributed by atoms with van der Waals surface area (Å²) in [5.41, 5.74) is -0.0443. The summed E-state index contributed by atoms with van der Waals surface area (Å²) in [4.78, 5) is 19.5. The van der Waals surface area contributed by atoms with Gasteiger partial charge in [-0.1, -0.05) is 12.1 Å². The molecule has 1 atom stereocenters. The highest BCUT2D eigenvalue weighted by molar-refractivity contribution is 7.17. The largest absolute Gasteiger partial charge is 0.309 e. The van der Waals surface area contributed by atoms with Crippen LogP contribution in [0.25, 0.3) is 21.3 Å². The van der Waals surface area contributed by atoms with E-state index in [1.54, 1.807) is 12.3 Å². The molecule has 0 bridgehead atoms. The Kier molecular flexibility index (Phi) is 3.51. The van der Waals surface area contributed by atoms with E-state index < -0.39 is 22.6 Å². The van der Waals surface area contributed by atoms with Gasteiger partial charge in [-0.05, 0) is 13.0 Å². The average molecular weight is 327 g/mol. The van der Waals surface area contributed by atoms with Crippen molar-refractivity contribution in [1.82, 2.24) is 9.97 Å². The van der Waals surface area contributed by atoms with Crippen LogP contribution in [-0.4, -0.2) is 9.97 Å². The molecule has 0 spiro atoms. The molecular formula is C14H9ClF2N2OS. The van der Waals surface area contributed by atoms with E-state index in [4.69, 9.17) is 11.6 Å². The molecule has 108 valence electrons. The monoisotopic (exact) mass is 326 g/mol. The number of fused-ring (bicyclic) bond motifs is 1. The van der Waals surface area contributed by atoms with Crippen LogP contribution in [0, 0.1) is 11.6 Å². The van der Waals surface area contributed by atoms with Crippen molar-refractivity contribution in [2.75, 3.05) is 0 Å². The second-order valence-electron chi connectivity index (χ2n) is 4.50. The highest BCUT2D eigenvalue weighted by Gasteiger charge is 2.18. The number of hydrogen-bond donors (Lipinski definition) is 1. The van der Waals surface area contributed by atoms with E-state index in [-0.39, 0.29) is 10.9 Å². The van der Waals surface area contributed by atoms with Crippen LogP contribution >= 0.6 is 22.9 Å². The van der Waals surface area contributed by atoms with E-state index in [1.807, 2.05) is 0 Å². The lowest BCUT2D eigenvalue weighted by Crippen LogP contribution is -2.11. The Morgan fingerprint density at radius 3 is 2.81 bits per heavy atom. The topological polar surface area (TPSA) is 45.8 Å². The molecule has 0 fully saturated rings. The Morgan fingerprint density at radius 2 is 2.10 bits per heavy atom. The molecule has 2 heterocycles. The van der Waals surface area contributed by atoms with Gasteiger partial charge in [0.15, 0.2) is 11.6 Å². The van der Waals surface area contributed by atoms with Gasteiger partial charge in [0, 0.05) is 16.5 Å². The van der Waals surface area contributed by atoms with Gasteiger partial charge in [0.25, 0.3) is 5.56 Å². The number of alkyl halides is 1. The van der Waals surface area contributed by atoms with Crippen LogP contribution in [0.5, 0.6) is 0 Å². The Bertz CT molecular complexity index is 888. The van der Waals surface area contributed by atoms with Crippen LogP contribution in [0.4, 0.5) is 8.78 Å². The maximum absolute atomic E-state index is 13.9. The molecule has 3 aromatic rings. The smallest absolute Gasteiger partial charge is 0.260 e. The summed E-state index contributed by atoms with van der Waals surface area (Å²) >= 11 is 7.10. The summed E-state index contributed by atoms with van der Waals surface area (Å²) in [7, 11) is 0. The Labute approximate surface area is 127 Å². The van der Waals surface area contributed by atoms with E-state index in [0.29, 0.717) is 16.2 Å². The first-order valence-corrected chi connectivity index (χ1v) is 7.40. The number of nitrogens with zero attached hydrogens (tertiary/aromatic N) is 1. The SMILES string of the molecule is CC(Cl)c1nc2scc(-c3cccc(F)c3F)c2c(=O)[nH]1. The highest BCUT2D eigenvalue weighted by atomic mass is 35.5. The third kappa shape index (κ3) is 2.34. The van der Waals surface area contributed by atoms with Gasteiger partial charge in [-0.25, -0.2) is 13.8 Å². The predicted octanol–water partition coefficient (Wildman–Crippen LogP) is 4.23. The molecule has 0 radical (unpaired) electrons. The van der Waals surface area contributed by atoms with Crippen LogP contribution in [0.1, 0.15) is 18.1 Å². The van der Waals surface area contributed by atoms with Crippen molar-refractivity contribution in [2.24, 2.45) is 0 Å². The molecule has 3 rings (SSSR count). The Balaban J connectivity index is 2.31. The van der Waals surface area contributed by atoms with Gasteiger partial charge in [0.05, 0.1) is 10.8 Å². The van der Waals surface area contributed by atoms with Gasteiger partial charge >= 0.3 is 0 Å². The molecule has 3 nitrogen and oxygen atoms in total. The lowest BCUT2D eigenvalue weighted by Gasteiger charge is -2.04. The Hall–Kier alpha value is -1.79. The van der Waals surface area contributed by atoms with Gasteiger partial charge in [-0.2, -0.15) is 0 Å². The fraction of sp³-hybridized carbons (Fsp3) is 0.143. The number of halogens is 3. The zero-order valence-electron chi connectivity index (χ0n) is 10.8. The molecule has 0 saturated carbocycles. The first-order chi connectivity index (χ1) is 9.99. The van der Waals surface area contributed by atoms with Crippen LogP contribution in [-0.2, 0) is 0 Å². The number of rotatable bonds is 2. The van der Waals surface area contributed by atoms with Crippen molar-refractivity contribution in [3.63, 3.8) is 0 Å². The molecule has 7 heteroatoms. The third-order valence-corrected chi connectivity index (χ3v) is 4.16. The molecule has 1 N–H and O–H groups in total. The van der Waals surface area contributed by atoms with Crippen molar-refractivity contribution in [2.45, 2.75) is 12.3 Å². The molecule has 2 aromatic heterocycles. The second kappa shape index (κ2) is 5.20. The minimum Gasteiger partial charge on any atom is -0.309 e. The van der Waals surface area contributed by atoms with Crippen LogP contribution in [0.2, 0.25) is 0 Å².